The lowest BCUT2D eigenvalue weighted by molar-refractivity contribution is 1.20. The van der Waals surface area contributed by atoms with E-state index in [9.17, 15) is 0 Å². The summed E-state index contributed by atoms with van der Waals surface area (Å²) in [5, 5.41) is 0. The molecule has 0 saturated carbocycles. The largest absolute Gasteiger partial charge is 0.355 e. The molecule has 3 aromatic heterocycles. The van der Waals surface area contributed by atoms with Gasteiger partial charge in [0.2, 0.25) is 0 Å². The first kappa shape index (κ1) is 15.6. The highest BCUT2D eigenvalue weighted by atomic mass is 14.8. The second-order valence-electron chi connectivity index (χ2n) is 6.65. The SMILES string of the molecule is C=CCc1c2nc(cc3nc(cc4ccc(cc5ccc1[nH]5)[nH]4)C=C3)C=C2. The van der Waals surface area contributed by atoms with Gasteiger partial charge in [-0.05, 0) is 73.2 Å². The van der Waals surface area contributed by atoms with Crippen molar-refractivity contribution >= 4 is 46.4 Å². The molecule has 0 unspecified atom stereocenters. The molecule has 4 heteroatoms. The molecule has 27 heavy (non-hydrogen) atoms. The molecular weight excluding hydrogens is 332 g/mol. The zero-order valence-electron chi connectivity index (χ0n) is 14.7. The van der Waals surface area contributed by atoms with Gasteiger partial charge >= 0.3 is 0 Å². The van der Waals surface area contributed by atoms with Gasteiger partial charge in [-0.1, -0.05) is 6.08 Å². The number of aromatic nitrogens is 4. The Labute approximate surface area is 156 Å². The molecule has 2 aliphatic heterocycles. The van der Waals surface area contributed by atoms with Crippen LogP contribution in [0.5, 0.6) is 0 Å². The zero-order valence-corrected chi connectivity index (χ0v) is 14.7. The topological polar surface area (TPSA) is 57.4 Å². The normalized spacial score (nSPS) is 12.4. The van der Waals surface area contributed by atoms with Crippen LogP contribution in [0, 0.1) is 0 Å². The number of rotatable bonds is 2. The lowest BCUT2D eigenvalue weighted by Crippen LogP contribution is -1.88. The van der Waals surface area contributed by atoms with Crippen LogP contribution in [0.15, 0.2) is 55.1 Å². The van der Waals surface area contributed by atoms with Crippen LogP contribution in [-0.4, -0.2) is 19.9 Å². The molecule has 4 nitrogen and oxygen atoms in total. The van der Waals surface area contributed by atoms with Crippen LogP contribution in [0.4, 0.5) is 0 Å². The monoisotopic (exact) mass is 350 g/mol. The van der Waals surface area contributed by atoms with E-state index in [4.69, 9.17) is 4.98 Å². The summed E-state index contributed by atoms with van der Waals surface area (Å²) in [5.41, 5.74) is 9.00. The molecule has 8 bridgehead atoms. The highest BCUT2D eigenvalue weighted by Crippen LogP contribution is 2.21. The summed E-state index contributed by atoms with van der Waals surface area (Å²) in [6.07, 6.45) is 10.8. The van der Waals surface area contributed by atoms with Crippen LogP contribution >= 0.6 is 0 Å². The van der Waals surface area contributed by atoms with Gasteiger partial charge < -0.3 is 9.97 Å². The summed E-state index contributed by atoms with van der Waals surface area (Å²) in [4.78, 5) is 16.4. The van der Waals surface area contributed by atoms with Gasteiger partial charge in [-0.2, -0.15) is 0 Å². The predicted octanol–water partition coefficient (Wildman–Crippen LogP) is 5.38. The van der Waals surface area contributed by atoms with Crippen molar-refractivity contribution in [3.8, 4) is 0 Å². The molecule has 2 aliphatic rings. The Kier molecular flexibility index (Phi) is 3.61. The first-order chi connectivity index (χ1) is 13.3. The van der Waals surface area contributed by atoms with Gasteiger partial charge in [-0.25, -0.2) is 9.97 Å². The third-order valence-corrected chi connectivity index (χ3v) is 4.68. The van der Waals surface area contributed by atoms with E-state index >= 15 is 0 Å². The Hall–Kier alpha value is -3.66. The average Bonchev–Trinajstić information content (AvgIpc) is 3.43. The van der Waals surface area contributed by atoms with E-state index in [2.05, 4.69) is 57.9 Å². The number of H-pyrrole nitrogens is 2. The summed E-state index contributed by atoms with van der Waals surface area (Å²) in [6, 6.07) is 14.5. The molecule has 0 aromatic carbocycles. The van der Waals surface area contributed by atoms with E-state index in [1.807, 2.05) is 36.4 Å². The number of nitrogens with zero attached hydrogens (tertiary/aromatic N) is 2. The molecule has 0 spiro atoms. The minimum atomic E-state index is 0.747. The smallest absolute Gasteiger partial charge is 0.0693 e. The summed E-state index contributed by atoms with van der Waals surface area (Å²) < 4.78 is 0. The molecule has 0 saturated heterocycles. The van der Waals surface area contributed by atoms with E-state index < -0.39 is 0 Å². The van der Waals surface area contributed by atoms with Crippen LogP contribution in [0.3, 0.4) is 0 Å². The van der Waals surface area contributed by atoms with Crippen LogP contribution in [0.1, 0.15) is 28.3 Å². The molecule has 0 aliphatic carbocycles. The van der Waals surface area contributed by atoms with E-state index in [0.29, 0.717) is 0 Å². The molecule has 5 heterocycles. The highest BCUT2D eigenvalue weighted by molar-refractivity contribution is 5.79. The maximum Gasteiger partial charge on any atom is 0.0693 e. The van der Waals surface area contributed by atoms with Crippen molar-refractivity contribution < 1.29 is 0 Å². The van der Waals surface area contributed by atoms with E-state index in [1.54, 1.807) is 0 Å². The van der Waals surface area contributed by atoms with Crippen molar-refractivity contribution in [1.29, 1.82) is 0 Å². The summed E-state index contributed by atoms with van der Waals surface area (Å²) in [5.74, 6) is 0. The Bertz CT molecular complexity index is 1270. The second kappa shape index (κ2) is 6.25. The molecule has 3 aromatic rings. The van der Waals surface area contributed by atoms with Gasteiger partial charge in [0.25, 0.3) is 0 Å². The van der Waals surface area contributed by atoms with Gasteiger partial charge in [-0.15, -0.1) is 6.58 Å². The molecule has 0 fully saturated rings. The predicted molar refractivity (Wildman–Crippen MR) is 113 cm³/mol. The molecular formula is C23H18N4. The van der Waals surface area contributed by atoms with Crippen LogP contribution in [0.25, 0.3) is 46.4 Å². The van der Waals surface area contributed by atoms with E-state index in [0.717, 1.165) is 56.8 Å². The number of allylic oxidation sites excluding steroid dienone is 1. The standard InChI is InChI=1S/C23H18N4/c1-2-3-21-22-10-8-19(26-22)13-17-6-4-15(24-17)12-16-5-7-18(25-16)14-20-9-11-23(21)27-20/h2,4-14,24,26H,1,3H2. The van der Waals surface area contributed by atoms with Crippen LogP contribution in [0.2, 0.25) is 0 Å². The van der Waals surface area contributed by atoms with Gasteiger partial charge in [0.15, 0.2) is 0 Å². The molecule has 130 valence electrons. The summed E-state index contributed by atoms with van der Waals surface area (Å²) >= 11 is 0. The van der Waals surface area contributed by atoms with Crippen molar-refractivity contribution in [3.05, 3.63) is 83.5 Å². The Morgan fingerprint density at radius 2 is 1.41 bits per heavy atom. The molecule has 0 atom stereocenters. The first-order valence-electron chi connectivity index (χ1n) is 8.94. The number of aromatic amines is 2. The number of hydrogen-bond donors (Lipinski definition) is 2. The highest BCUT2D eigenvalue weighted by Gasteiger charge is 2.07. The molecule has 0 amide bonds. The van der Waals surface area contributed by atoms with Crippen molar-refractivity contribution in [3.63, 3.8) is 0 Å². The minimum absolute atomic E-state index is 0.747. The van der Waals surface area contributed by atoms with Gasteiger partial charge in [0.05, 0.1) is 22.8 Å². The maximum absolute atomic E-state index is 4.79. The lowest BCUT2D eigenvalue weighted by Gasteiger charge is -1.98. The van der Waals surface area contributed by atoms with Crippen LogP contribution in [-0.2, 0) is 6.42 Å². The maximum atomic E-state index is 4.79. The van der Waals surface area contributed by atoms with Crippen LogP contribution < -0.4 is 0 Å². The van der Waals surface area contributed by atoms with Crippen molar-refractivity contribution in [2.45, 2.75) is 6.42 Å². The average molecular weight is 350 g/mol. The van der Waals surface area contributed by atoms with E-state index in [-0.39, 0.29) is 0 Å². The van der Waals surface area contributed by atoms with Crippen molar-refractivity contribution in [1.82, 2.24) is 19.9 Å². The number of fused-ring (bicyclic) bond motifs is 8. The number of nitrogens with one attached hydrogen (secondary N) is 2. The zero-order chi connectivity index (χ0) is 18.2. The van der Waals surface area contributed by atoms with Crippen molar-refractivity contribution in [2.24, 2.45) is 0 Å². The van der Waals surface area contributed by atoms with Gasteiger partial charge in [0.1, 0.15) is 0 Å². The third-order valence-electron chi connectivity index (χ3n) is 4.68. The van der Waals surface area contributed by atoms with Gasteiger partial charge in [0, 0.05) is 27.6 Å². The van der Waals surface area contributed by atoms with Crippen molar-refractivity contribution in [2.75, 3.05) is 0 Å². The summed E-state index contributed by atoms with van der Waals surface area (Å²) in [7, 11) is 0. The summed E-state index contributed by atoms with van der Waals surface area (Å²) in [6.45, 7) is 3.91. The fourth-order valence-electron chi connectivity index (χ4n) is 3.43. The lowest BCUT2D eigenvalue weighted by atomic mass is 10.1. The fourth-order valence-corrected chi connectivity index (χ4v) is 3.43. The Morgan fingerprint density at radius 1 is 0.741 bits per heavy atom. The Balaban J connectivity index is 1.87. The quantitative estimate of drug-likeness (QED) is 0.420. The van der Waals surface area contributed by atoms with E-state index in [1.165, 1.54) is 0 Å². The first-order valence-corrected chi connectivity index (χ1v) is 8.94. The fraction of sp³-hybridized carbons (Fsp3) is 0.0435. The molecule has 5 rings (SSSR count). The molecule has 2 N–H and O–H groups in total. The second-order valence-corrected chi connectivity index (χ2v) is 6.65. The molecule has 0 radical (unpaired) electrons. The third kappa shape index (κ3) is 3.02. The van der Waals surface area contributed by atoms with Gasteiger partial charge in [-0.3, -0.25) is 0 Å². The minimum Gasteiger partial charge on any atom is -0.355 e. The Morgan fingerprint density at radius 3 is 2.26 bits per heavy atom. The number of hydrogen-bond acceptors (Lipinski definition) is 2.